The molecule has 3 N–H and O–H groups in total. The number of alkyl halides is 3. The van der Waals surface area contributed by atoms with Gasteiger partial charge in [-0.05, 0) is 17.7 Å². The van der Waals surface area contributed by atoms with Crippen molar-refractivity contribution >= 4 is 39.8 Å². The van der Waals surface area contributed by atoms with E-state index in [1.54, 1.807) is 6.92 Å². The van der Waals surface area contributed by atoms with Crippen LogP contribution in [0.1, 0.15) is 12.5 Å². The number of guanidine groups is 1. The molecule has 24 heavy (non-hydrogen) atoms. The number of rotatable bonds is 7. The number of hydrogen-bond donors (Lipinski definition) is 2. The van der Waals surface area contributed by atoms with Gasteiger partial charge in [-0.2, -0.15) is 0 Å². The highest BCUT2D eigenvalue weighted by molar-refractivity contribution is 14.0. The van der Waals surface area contributed by atoms with Crippen molar-refractivity contribution in [3.05, 3.63) is 29.8 Å². The molecule has 1 aromatic carbocycles. The number of halogens is 4. The molecule has 1 rings (SSSR count). The summed E-state index contributed by atoms with van der Waals surface area (Å²) in [5.41, 5.74) is 6.21. The van der Waals surface area contributed by atoms with Crippen LogP contribution >= 0.6 is 24.0 Å². The third kappa shape index (κ3) is 9.80. The van der Waals surface area contributed by atoms with E-state index in [0.717, 1.165) is 0 Å². The Hall–Kier alpha value is -1.24. The normalized spacial score (nSPS) is 12.4. The van der Waals surface area contributed by atoms with Crippen LogP contribution < -0.4 is 15.8 Å². The molecular formula is C13H19F3IN3O3S. The summed E-state index contributed by atoms with van der Waals surface area (Å²) in [5, 5.41) is 2.66. The van der Waals surface area contributed by atoms with Crippen LogP contribution in [0.5, 0.6) is 5.75 Å². The molecule has 0 atom stereocenters. The lowest BCUT2D eigenvalue weighted by Crippen LogP contribution is -2.35. The van der Waals surface area contributed by atoms with Gasteiger partial charge in [0.1, 0.15) is 5.75 Å². The Bertz CT molecular complexity index is 634. The third-order valence-corrected chi connectivity index (χ3v) is 4.45. The second kappa shape index (κ2) is 9.91. The quantitative estimate of drug-likeness (QED) is 0.353. The highest BCUT2D eigenvalue weighted by Gasteiger charge is 2.30. The summed E-state index contributed by atoms with van der Waals surface area (Å²) in [6.07, 6.45) is -4.73. The molecule has 11 heteroatoms. The van der Waals surface area contributed by atoms with Crippen molar-refractivity contribution in [3.63, 3.8) is 0 Å². The molecule has 0 bridgehead atoms. The molecule has 138 valence electrons. The van der Waals surface area contributed by atoms with Crippen LogP contribution in [0.4, 0.5) is 13.2 Å². The fourth-order valence-electron chi connectivity index (χ4n) is 1.51. The Morgan fingerprint density at radius 2 is 1.88 bits per heavy atom. The number of nitrogens with two attached hydrogens (primary N) is 1. The largest absolute Gasteiger partial charge is 0.573 e. The zero-order valence-corrected chi connectivity index (χ0v) is 16.0. The maximum Gasteiger partial charge on any atom is 0.573 e. The summed E-state index contributed by atoms with van der Waals surface area (Å²) in [4.78, 5) is 3.97. The minimum atomic E-state index is -4.73. The Morgan fingerprint density at radius 3 is 2.38 bits per heavy atom. The molecular weight excluding hydrogens is 462 g/mol. The molecule has 0 aliphatic carbocycles. The van der Waals surface area contributed by atoms with Crippen molar-refractivity contribution in [3.8, 4) is 5.75 Å². The van der Waals surface area contributed by atoms with E-state index in [0.29, 0.717) is 5.56 Å². The maximum absolute atomic E-state index is 12.0. The van der Waals surface area contributed by atoms with Crippen LogP contribution in [0.2, 0.25) is 0 Å². The van der Waals surface area contributed by atoms with Crippen molar-refractivity contribution in [2.24, 2.45) is 10.7 Å². The summed E-state index contributed by atoms with van der Waals surface area (Å²) in [6.45, 7) is 1.84. The standard InChI is InChI=1S/C13H18F3N3O3S.HI/c1-2-23(20,21)8-7-18-12(17)19-9-10-3-5-11(6-4-10)22-13(14,15)16;/h3-6H,2,7-9H2,1H3,(H3,17,18,19);1H. The smallest absolute Gasteiger partial charge is 0.406 e. The predicted molar refractivity (Wildman–Crippen MR) is 96.2 cm³/mol. The monoisotopic (exact) mass is 481 g/mol. The Balaban J connectivity index is 0.00000529. The minimum Gasteiger partial charge on any atom is -0.406 e. The van der Waals surface area contributed by atoms with Crippen LogP contribution in [0.15, 0.2) is 29.3 Å². The van der Waals surface area contributed by atoms with Gasteiger partial charge in [0.2, 0.25) is 0 Å². The first-order valence-corrected chi connectivity index (χ1v) is 8.52. The van der Waals surface area contributed by atoms with Gasteiger partial charge < -0.3 is 15.8 Å². The molecule has 0 saturated heterocycles. The van der Waals surface area contributed by atoms with Crippen molar-refractivity contribution in [2.75, 3.05) is 18.1 Å². The molecule has 0 unspecified atom stereocenters. The van der Waals surface area contributed by atoms with Gasteiger partial charge in [-0.15, -0.1) is 37.1 Å². The van der Waals surface area contributed by atoms with Gasteiger partial charge in [0.25, 0.3) is 0 Å². The summed E-state index contributed by atoms with van der Waals surface area (Å²) >= 11 is 0. The van der Waals surface area contributed by atoms with Crippen molar-refractivity contribution in [1.29, 1.82) is 0 Å². The fourth-order valence-corrected chi connectivity index (χ4v) is 2.21. The predicted octanol–water partition coefficient (Wildman–Crippen LogP) is 2.04. The summed E-state index contributed by atoms with van der Waals surface area (Å²) < 4.78 is 62.3. The fraction of sp³-hybridized carbons (Fsp3) is 0.462. The average molecular weight is 481 g/mol. The minimum absolute atomic E-state index is 0. The number of hydrogen-bond acceptors (Lipinski definition) is 4. The Kier molecular flexibility index (Phi) is 9.40. The molecule has 0 aromatic heterocycles. The van der Waals surface area contributed by atoms with E-state index in [4.69, 9.17) is 5.73 Å². The SMILES string of the molecule is CCS(=O)(=O)CCNC(N)=NCc1ccc(OC(F)(F)F)cc1.I. The average Bonchev–Trinajstić information content (AvgIpc) is 2.45. The number of nitrogens with one attached hydrogen (secondary N) is 1. The van der Waals surface area contributed by atoms with Crippen LogP contribution in [0.3, 0.4) is 0 Å². The second-order valence-electron chi connectivity index (χ2n) is 4.56. The van der Waals surface area contributed by atoms with E-state index in [2.05, 4.69) is 15.0 Å². The van der Waals surface area contributed by atoms with Crippen LogP contribution in [-0.2, 0) is 16.4 Å². The molecule has 1 aromatic rings. The highest BCUT2D eigenvalue weighted by Crippen LogP contribution is 2.22. The van der Waals surface area contributed by atoms with Crippen molar-refractivity contribution in [2.45, 2.75) is 19.8 Å². The lowest BCUT2D eigenvalue weighted by atomic mass is 10.2. The first kappa shape index (κ1) is 22.8. The number of aliphatic imine (C=N–C) groups is 1. The Morgan fingerprint density at radius 1 is 1.29 bits per heavy atom. The van der Waals surface area contributed by atoms with E-state index in [9.17, 15) is 21.6 Å². The number of nitrogens with zero attached hydrogens (tertiary/aromatic N) is 1. The summed E-state index contributed by atoms with van der Waals surface area (Å²) in [7, 11) is -3.08. The lowest BCUT2D eigenvalue weighted by molar-refractivity contribution is -0.274. The molecule has 0 aliphatic rings. The topological polar surface area (TPSA) is 93.8 Å². The van der Waals surface area contributed by atoms with E-state index in [1.807, 2.05) is 0 Å². The van der Waals surface area contributed by atoms with E-state index < -0.39 is 16.2 Å². The molecule has 6 nitrogen and oxygen atoms in total. The molecule has 0 amide bonds. The Labute approximate surface area is 155 Å². The van der Waals surface area contributed by atoms with Crippen molar-refractivity contribution in [1.82, 2.24) is 5.32 Å². The third-order valence-electron chi connectivity index (χ3n) is 2.75. The van der Waals surface area contributed by atoms with Crippen LogP contribution in [-0.4, -0.2) is 38.8 Å². The lowest BCUT2D eigenvalue weighted by Gasteiger charge is -2.09. The van der Waals surface area contributed by atoms with Crippen LogP contribution in [0.25, 0.3) is 0 Å². The second-order valence-corrected chi connectivity index (χ2v) is 7.03. The number of ether oxygens (including phenoxy) is 1. The van der Waals surface area contributed by atoms with Gasteiger partial charge in [0.05, 0.1) is 12.3 Å². The number of sulfone groups is 1. The molecule has 0 spiro atoms. The molecule has 0 radical (unpaired) electrons. The number of benzene rings is 1. The summed E-state index contributed by atoms with van der Waals surface area (Å²) in [6, 6.07) is 5.21. The van der Waals surface area contributed by atoms with Gasteiger partial charge in [-0.1, -0.05) is 19.1 Å². The maximum atomic E-state index is 12.0. The van der Waals surface area contributed by atoms with Crippen LogP contribution in [0, 0.1) is 0 Å². The van der Waals surface area contributed by atoms with Gasteiger partial charge in [0, 0.05) is 12.3 Å². The van der Waals surface area contributed by atoms with E-state index in [-0.39, 0.29) is 60.3 Å². The van der Waals surface area contributed by atoms with Crippen molar-refractivity contribution < 1.29 is 26.3 Å². The molecule has 0 heterocycles. The van der Waals surface area contributed by atoms with Gasteiger partial charge >= 0.3 is 6.36 Å². The zero-order valence-electron chi connectivity index (χ0n) is 12.8. The first-order chi connectivity index (χ1) is 10.6. The van der Waals surface area contributed by atoms with E-state index >= 15 is 0 Å². The van der Waals surface area contributed by atoms with E-state index in [1.165, 1.54) is 24.3 Å². The van der Waals surface area contributed by atoms with Gasteiger partial charge in [0.15, 0.2) is 15.8 Å². The zero-order chi connectivity index (χ0) is 17.5. The molecule has 0 aliphatic heterocycles. The first-order valence-electron chi connectivity index (χ1n) is 6.70. The summed E-state index contributed by atoms with van der Waals surface area (Å²) in [5.74, 6) is -0.255. The van der Waals surface area contributed by atoms with Gasteiger partial charge in [-0.3, -0.25) is 0 Å². The molecule has 0 saturated carbocycles. The molecule has 0 fully saturated rings. The van der Waals surface area contributed by atoms with Gasteiger partial charge in [-0.25, -0.2) is 13.4 Å². The highest BCUT2D eigenvalue weighted by atomic mass is 127.